The van der Waals surface area contributed by atoms with Crippen LogP contribution in [0.3, 0.4) is 0 Å². The summed E-state index contributed by atoms with van der Waals surface area (Å²) < 4.78 is 5.29. The van der Waals surface area contributed by atoms with Gasteiger partial charge in [0.25, 0.3) is 0 Å². The van der Waals surface area contributed by atoms with Gasteiger partial charge in [0.05, 0.1) is 6.26 Å². The molecule has 25 heavy (non-hydrogen) atoms. The molecule has 1 aliphatic rings. The van der Waals surface area contributed by atoms with E-state index in [2.05, 4.69) is 46.8 Å². The number of aryl methyl sites for hydroxylation is 1. The fourth-order valence-electron chi connectivity index (χ4n) is 3.81. The lowest BCUT2D eigenvalue weighted by atomic mass is 9.62. The van der Waals surface area contributed by atoms with E-state index in [-0.39, 0.29) is 16.6 Å². The maximum atomic E-state index is 12.8. The molecule has 2 aromatic rings. The van der Waals surface area contributed by atoms with Crippen LogP contribution in [0.2, 0.25) is 0 Å². The number of carbonyl (C=O) groups excluding carboxylic acids is 1. The van der Waals surface area contributed by atoms with Crippen LogP contribution in [0.4, 0.5) is 0 Å². The van der Waals surface area contributed by atoms with Crippen LogP contribution in [0.15, 0.2) is 41.0 Å². The van der Waals surface area contributed by atoms with Crippen molar-refractivity contribution in [3.05, 3.63) is 64.6 Å². The van der Waals surface area contributed by atoms with Crippen molar-refractivity contribution >= 4 is 11.9 Å². The van der Waals surface area contributed by atoms with Gasteiger partial charge in [-0.3, -0.25) is 4.79 Å². The van der Waals surface area contributed by atoms with Crippen LogP contribution in [0.25, 0.3) is 6.08 Å². The Hall–Kier alpha value is -2.09. The average molecular weight is 336 g/mol. The fraction of sp³-hybridized carbons (Fsp3) is 0.435. The van der Waals surface area contributed by atoms with E-state index < -0.39 is 0 Å². The second-order valence-electron chi connectivity index (χ2n) is 8.39. The molecule has 1 aromatic heterocycles. The molecule has 0 unspecified atom stereocenters. The number of benzene rings is 1. The summed E-state index contributed by atoms with van der Waals surface area (Å²) in [6.45, 7) is 11.3. The standard InChI is InChI=1S/C23H28O2/c1-6-16-14-19-20(23(4,5)12-11-22(19,2)3)15-18(16)21(24)10-9-17-8-7-13-25-17/h7-10,13-15H,6,11-12H2,1-5H3/b10-9+. The molecule has 0 atom stereocenters. The predicted molar refractivity (Wildman–Crippen MR) is 103 cm³/mol. The highest BCUT2D eigenvalue weighted by Crippen LogP contribution is 2.46. The molecule has 1 aromatic carbocycles. The summed E-state index contributed by atoms with van der Waals surface area (Å²) >= 11 is 0. The minimum absolute atomic E-state index is 0.0511. The van der Waals surface area contributed by atoms with Crippen molar-refractivity contribution in [3.63, 3.8) is 0 Å². The third kappa shape index (κ3) is 3.35. The van der Waals surface area contributed by atoms with E-state index in [1.165, 1.54) is 17.5 Å². The molecule has 3 rings (SSSR count). The molecule has 0 bridgehead atoms. The summed E-state index contributed by atoms with van der Waals surface area (Å²) in [5.41, 5.74) is 4.98. The lowest BCUT2D eigenvalue weighted by Crippen LogP contribution is -2.34. The molecular formula is C23H28O2. The minimum atomic E-state index is 0.0511. The van der Waals surface area contributed by atoms with Gasteiger partial charge in [-0.2, -0.15) is 0 Å². The molecule has 0 saturated carbocycles. The van der Waals surface area contributed by atoms with Crippen LogP contribution < -0.4 is 0 Å². The van der Waals surface area contributed by atoms with Crippen LogP contribution in [-0.2, 0) is 17.3 Å². The third-order valence-electron chi connectivity index (χ3n) is 5.67. The third-order valence-corrected chi connectivity index (χ3v) is 5.67. The largest absolute Gasteiger partial charge is 0.465 e. The molecule has 1 heterocycles. The number of rotatable bonds is 4. The zero-order valence-corrected chi connectivity index (χ0v) is 16.0. The van der Waals surface area contributed by atoms with E-state index in [0.717, 1.165) is 24.0 Å². The van der Waals surface area contributed by atoms with Crippen LogP contribution in [0, 0.1) is 0 Å². The quantitative estimate of drug-likeness (QED) is 0.500. The normalized spacial score (nSPS) is 18.3. The Labute approximate surface area is 150 Å². The zero-order valence-electron chi connectivity index (χ0n) is 16.0. The van der Waals surface area contributed by atoms with Crippen LogP contribution in [0.5, 0.6) is 0 Å². The van der Waals surface area contributed by atoms with Crippen molar-refractivity contribution in [2.45, 2.75) is 64.7 Å². The molecule has 2 nitrogen and oxygen atoms in total. The highest BCUT2D eigenvalue weighted by Gasteiger charge is 2.37. The van der Waals surface area contributed by atoms with E-state index in [1.807, 2.05) is 12.1 Å². The first-order chi connectivity index (χ1) is 11.7. The summed E-state index contributed by atoms with van der Waals surface area (Å²) in [4.78, 5) is 12.8. The van der Waals surface area contributed by atoms with Crippen molar-refractivity contribution in [3.8, 4) is 0 Å². The SMILES string of the molecule is CCc1cc2c(cc1C(=O)/C=C/c1ccco1)C(C)(C)CCC2(C)C. The molecule has 0 radical (unpaired) electrons. The second kappa shape index (κ2) is 6.33. The number of carbonyl (C=O) groups is 1. The number of furan rings is 1. The summed E-state index contributed by atoms with van der Waals surface area (Å²) in [6.07, 6.45) is 8.18. The summed E-state index contributed by atoms with van der Waals surface area (Å²) in [5.74, 6) is 0.751. The highest BCUT2D eigenvalue weighted by atomic mass is 16.3. The van der Waals surface area contributed by atoms with Crippen molar-refractivity contribution in [2.75, 3.05) is 0 Å². The Balaban J connectivity index is 2.07. The van der Waals surface area contributed by atoms with Gasteiger partial charge in [-0.25, -0.2) is 0 Å². The Kier molecular flexibility index (Phi) is 4.49. The predicted octanol–water partition coefficient (Wildman–Crippen LogP) is 6.09. The fourth-order valence-corrected chi connectivity index (χ4v) is 3.81. The number of allylic oxidation sites excluding steroid dienone is 1. The van der Waals surface area contributed by atoms with Crippen LogP contribution in [0.1, 0.15) is 80.3 Å². The van der Waals surface area contributed by atoms with Gasteiger partial charge in [0.2, 0.25) is 0 Å². The van der Waals surface area contributed by atoms with Crippen LogP contribution in [-0.4, -0.2) is 5.78 Å². The monoisotopic (exact) mass is 336 g/mol. The van der Waals surface area contributed by atoms with Crippen molar-refractivity contribution in [1.82, 2.24) is 0 Å². The number of ketones is 1. The van der Waals surface area contributed by atoms with E-state index in [4.69, 9.17) is 4.42 Å². The van der Waals surface area contributed by atoms with Gasteiger partial charge in [-0.15, -0.1) is 0 Å². The molecular weight excluding hydrogens is 308 g/mol. The van der Waals surface area contributed by atoms with Gasteiger partial charge >= 0.3 is 0 Å². The Morgan fingerprint density at radius 3 is 2.32 bits per heavy atom. The van der Waals surface area contributed by atoms with E-state index in [9.17, 15) is 4.79 Å². The first kappa shape index (κ1) is 17.7. The molecule has 1 aliphatic carbocycles. The van der Waals surface area contributed by atoms with E-state index in [0.29, 0.717) is 5.76 Å². The Morgan fingerprint density at radius 1 is 1.12 bits per heavy atom. The highest BCUT2D eigenvalue weighted by molar-refractivity contribution is 6.08. The Morgan fingerprint density at radius 2 is 1.76 bits per heavy atom. The number of fused-ring (bicyclic) bond motifs is 1. The lowest BCUT2D eigenvalue weighted by molar-refractivity contribution is 0.104. The molecule has 0 spiro atoms. The Bertz CT molecular complexity index is 805. The van der Waals surface area contributed by atoms with Crippen molar-refractivity contribution < 1.29 is 9.21 Å². The lowest BCUT2D eigenvalue weighted by Gasteiger charge is -2.42. The van der Waals surface area contributed by atoms with Crippen molar-refractivity contribution in [2.24, 2.45) is 0 Å². The number of hydrogen-bond donors (Lipinski definition) is 0. The van der Waals surface area contributed by atoms with Gasteiger partial charge in [0, 0.05) is 5.56 Å². The zero-order chi connectivity index (χ0) is 18.2. The van der Waals surface area contributed by atoms with Gasteiger partial charge in [-0.05, 0) is 77.1 Å². The first-order valence-corrected chi connectivity index (χ1v) is 9.18. The molecule has 132 valence electrons. The molecule has 0 amide bonds. The summed E-state index contributed by atoms with van der Waals surface area (Å²) in [7, 11) is 0. The molecule has 2 heteroatoms. The topological polar surface area (TPSA) is 30.2 Å². The average Bonchev–Trinajstić information content (AvgIpc) is 3.09. The van der Waals surface area contributed by atoms with Gasteiger partial charge in [0.1, 0.15) is 5.76 Å². The van der Waals surface area contributed by atoms with Crippen molar-refractivity contribution in [1.29, 1.82) is 0 Å². The molecule has 0 N–H and O–H groups in total. The number of hydrogen-bond acceptors (Lipinski definition) is 2. The van der Waals surface area contributed by atoms with E-state index in [1.54, 1.807) is 18.4 Å². The van der Waals surface area contributed by atoms with Gasteiger partial charge in [-0.1, -0.05) is 40.7 Å². The summed E-state index contributed by atoms with van der Waals surface area (Å²) in [5, 5.41) is 0. The van der Waals surface area contributed by atoms with Crippen LogP contribution >= 0.6 is 0 Å². The van der Waals surface area contributed by atoms with E-state index >= 15 is 0 Å². The smallest absolute Gasteiger partial charge is 0.186 e. The summed E-state index contributed by atoms with van der Waals surface area (Å²) in [6, 6.07) is 8.11. The first-order valence-electron chi connectivity index (χ1n) is 9.18. The maximum Gasteiger partial charge on any atom is 0.186 e. The molecule has 0 fully saturated rings. The van der Waals surface area contributed by atoms with Gasteiger partial charge in [0.15, 0.2) is 5.78 Å². The maximum absolute atomic E-state index is 12.8. The molecule has 0 saturated heterocycles. The second-order valence-corrected chi connectivity index (χ2v) is 8.39. The minimum Gasteiger partial charge on any atom is -0.465 e. The molecule has 0 aliphatic heterocycles. The van der Waals surface area contributed by atoms with Gasteiger partial charge < -0.3 is 4.42 Å².